The predicted molar refractivity (Wildman–Crippen MR) is 82.7 cm³/mol. The van der Waals surface area contributed by atoms with Crippen LogP contribution in [0.2, 0.25) is 0 Å². The first-order valence-corrected chi connectivity index (χ1v) is 7.22. The number of aromatic nitrogens is 3. The number of hydrogen-bond acceptors (Lipinski definition) is 7. The van der Waals surface area contributed by atoms with Crippen molar-refractivity contribution >= 4 is 29.0 Å². The third-order valence-corrected chi connectivity index (χ3v) is 3.67. The maximum atomic E-state index is 11.9. The number of aromatic amines is 2. The van der Waals surface area contributed by atoms with Crippen LogP contribution in [0.25, 0.3) is 0 Å². The number of aryl methyl sites for hydroxylation is 1. The molecule has 0 aliphatic heterocycles. The van der Waals surface area contributed by atoms with E-state index in [1.807, 2.05) is 4.98 Å². The smallest absolute Gasteiger partial charge is 0.325 e. The normalized spacial score (nSPS) is 10.3. The van der Waals surface area contributed by atoms with Crippen molar-refractivity contribution in [3.05, 3.63) is 54.7 Å². The van der Waals surface area contributed by atoms with Gasteiger partial charge in [-0.05, 0) is 18.6 Å². The lowest BCUT2D eigenvalue weighted by Crippen LogP contribution is -2.25. The highest BCUT2D eigenvalue weighted by Gasteiger charge is 2.12. The van der Waals surface area contributed by atoms with Gasteiger partial charge in [-0.25, -0.2) is 9.89 Å². The molecule has 0 atom stereocenters. The van der Waals surface area contributed by atoms with E-state index in [0.29, 0.717) is 11.3 Å². The number of nitro benzene ring substituents is 1. The number of carbonyl (C=O) groups excluding carboxylic acids is 1. The van der Waals surface area contributed by atoms with Crippen LogP contribution in [0.15, 0.2) is 32.8 Å². The Morgan fingerprint density at radius 3 is 2.78 bits per heavy atom. The molecule has 2 aromatic rings. The molecule has 1 aromatic carbocycles. The number of anilines is 1. The van der Waals surface area contributed by atoms with Gasteiger partial charge >= 0.3 is 5.69 Å². The van der Waals surface area contributed by atoms with Crippen LogP contribution in [0.3, 0.4) is 0 Å². The maximum Gasteiger partial charge on any atom is 0.342 e. The van der Waals surface area contributed by atoms with E-state index in [1.165, 1.54) is 18.2 Å². The molecule has 120 valence electrons. The molecule has 0 aliphatic rings. The number of nitrogens with one attached hydrogen (secondary N) is 3. The molecule has 0 fully saturated rings. The largest absolute Gasteiger partial charge is 0.342 e. The number of nitrogens with zero attached hydrogens (tertiary/aromatic N) is 2. The van der Waals surface area contributed by atoms with E-state index in [0.717, 1.165) is 11.8 Å². The van der Waals surface area contributed by atoms with Gasteiger partial charge in [-0.1, -0.05) is 11.8 Å². The zero-order valence-electron chi connectivity index (χ0n) is 11.8. The molecule has 0 bridgehead atoms. The van der Waals surface area contributed by atoms with E-state index in [-0.39, 0.29) is 16.5 Å². The van der Waals surface area contributed by atoms with Crippen LogP contribution in [0, 0.1) is 17.0 Å². The fourth-order valence-electron chi connectivity index (χ4n) is 1.66. The standard InChI is InChI=1S/C12H11N5O5S/c1-6-4-7(17(21)22)2-3-8(6)13-9(18)5-23-11-10(19)14-12(20)16-15-11/h2-4H,5H2,1H3,(H,13,18)(H2,14,16,19,20). The molecular formula is C12H11N5O5S. The average molecular weight is 337 g/mol. The van der Waals surface area contributed by atoms with Gasteiger partial charge in [-0.3, -0.25) is 24.7 Å². The molecular weight excluding hydrogens is 326 g/mol. The number of thioether (sulfide) groups is 1. The zero-order valence-corrected chi connectivity index (χ0v) is 12.6. The lowest BCUT2D eigenvalue weighted by atomic mass is 10.2. The first-order chi connectivity index (χ1) is 10.9. The molecule has 1 amide bonds. The first-order valence-electron chi connectivity index (χ1n) is 6.23. The van der Waals surface area contributed by atoms with E-state index < -0.39 is 22.1 Å². The fourth-order valence-corrected chi connectivity index (χ4v) is 2.29. The lowest BCUT2D eigenvalue weighted by molar-refractivity contribution is -0.384. The highest BCUT2D eigenvalue weighted by atomic mass is 32.2. The Balaban J connectivity index is 2.01. The summed E-state index contributed by atoms with van der Waals surface area (Å²) in [4.78, 5) is 46.2. The van der Waals surface area contributed by atoms with Crippen molar-refractivity contribution in [2.24, 2.45) is 0 Å². The molecule has 0 radical (unpaired) electrons. The molecule has 0 saturated heterocycles. The summed E-state index contributed by atoms with van der Waals surface area (Å²) in [6, 6.07) is 4.06. The predicted octanol–water partition coefficient (Wildman–Crippen LogP) is 0.406. The number of hydrogen-bond donors (Lipinski definition) is 3. The summed E-state index contributed by atoms with van der Waals surface area (Å²) in [5.74, 6) is -0.530. The second-order valence-corrected chi connectivity index (χ2v) is 5.37. The summed E-state index contributed by atoms with van der Waals surface area (Å²) < 4.78 is 0. The Kier molecular flexibility index (Phi) is 4.91. The summed E-state index contributed by atoms with van der Waals surface area (Å²) in [5, 5.41) is 18.8. The number of H-pyrrole nitrogens is 2. The molecule has 23 heavy (non-hydrogen) atoms. The second kappa shape index (κ2) is 6.87. The number of nitro groups is 1. The quantitative estimate of drug-likeness (QED) is 0.406. The molecule has 0 unspecified atom stereocenters. The van der Waals surface area contributed by atoms with E-state index in [2.05, 4.69) is 15.5 Å². The minimum absolute atomic E-state index is 0.0415. The Morgan fingerprint density at radius 1 is 1.43 bits per heavy atom. The van der Waals surface area contributed by atoms with Crippen molar-refractivity contribution in [2.45, 2.75) is 11.9 Å². The van der Waals surface area contributed by atoms with Crippen molar-refractivity contribution in [1.29, 1.82) is 0 Å². The van der Waals surface area contributed by atoms with Gasteiger partial charge < -0.3 is 5.32 Å². The van der Waals surface area contributed by atoms with Crippen LogP contribution in [0.5, 0.6) is 0 Å². The first kappa shape index (κ1) is 16.4. The van der Waals surface area contributed by atoms with Gasteiger partial charge in [0.1, 0.15) is 0 Å². The van der Waals surface area contributed by atoms with Gasteiger partial charge in [0.2, 0.25) is 5.91 Å². The van der Waals surface area contributed by atoms with Gasteiger partial charge in [0.25, 0.3) is 11.2 Å². The van der Waals surface area contributed by atoms with Crippen molar-refractivity contribution in [1.82, 2.24) is 15.2 Å². The maximum absolute atomic E-state index is 11.9. The highest BCUT2D eigenvalue weighted by Crippen LogP contribution is 2.21. The minimum atomic E-state index is -0.731. The van der Waals surface area contributed by atoms with Gasteiger partial charge in [0.05, 0.1) is 10.7 Å². The molecule has 0 spiro atoms. The molecule has 11 heteroatoms. The Bertz CT molecular complexity index is 875. The Hall–Kier alpha value is -2.95. The number of benzene rings is 1. The third kappa shape index (κ3) is 4.26. The van der Waals surface area contributed by atoms with E-state index >= 15 is 0 Å². The number of rotatable bonds is 5. The van der Waals surface area contributed by atoms with Crippen molar-refractivity contribution in [3.63, 3.8) is 0 Å². The molecule has 3 N–H and O–H groups in total. The Morgan fingerprint density at radius 2 is 2.17 bits per heavy atom. The van der Waals surface area contributed by atoms with Crippen LogP contribution >= 0.6 is 11.8 Å². The van der Waals surface area contributed by atoms with Gasteiger partial charge in [0.15, 0.2) is 5.03 Å². The summed E-state index contributed by atoms with van der Waals surface area (Å²) in [6.07, 6.45) is 0. The summed E-state index contributed by atoms with van der Waals surface area (Å²) >= 11 is 0.852. The van der Waals surface area contributed by atoms with E-state index in [1.54, 1.807) is 6.92 Å². The molecule has 0 saturated carbocycles. The summed E-state index contributed by atoms with van der Waals surface area (Å²) in [7, 11) is 0. The molecule has 0 aliphatic carbocycles. The van der Waals surface area contributed by atoms with Gasteiger partial charge in [0, 0.05) is 17.8 Å². The molecule has 1 heterocycles. The van der Waals surface area contributed by atoms with Crippen LogP contribution in [-0.2, 0) is 4.79 Å². The third-order valence-electron chi connectivity index (χ3n) is 2.72. The monoisotopic (exact) mass is 337 g/mol. The topological polar surface area (TPSA) is 151 Å². The summed E-state index contributed by atoms with van der Waals surface area (Å²) in [5.41, 5.74) is -0.510. The van der Waals surface area contributed by atoms with Crippen molar-refractivity contribution in [2.75, 3.05) is 11.1 Å². The van der Waals surface area contributed by atoms with E-state index in [9.17, 15) is 24.5 Å². The number of non-ortho nitro benzene ring substituents is 1. The van der Waals surface area contributed by atoms with Crippen LogP contribution < -0.4 is 16.6 Å². The average Bonchev–Trinajstić information content (AvgIpc) is 2.48. The second-order valence-electron chi connectivity index (χ2n) is 4.41. The van der Waals surface area contributed by atoms with Crippen LogP contribution in [0.1, 0.15) is 5.56 Å². The zero-order chi connectivity index (χ0) is 17.0. The van der Waals surface area contributed by atoms with Crippen molar-refractivity contribution in [3.8, 4) is 0 Å². The number of amides is 1. The van der Waals surface area contributed by atoms with E-state index in [4.69, 9.17) is 0 Å². The highest BCUT2D eigenvalue weighted by molar-refractivity contribution is 7.99. The molecule has 10 nitrogen and oxygen atoms in total. The van der Waals surface area contributed by atoms with Gasteiger partial charge in [-0.15, -0.1) is 0 Å². The molecule has 2 rings (SSSR count). The minimum Gasteiger partial charge on any atom is -0.325 e. The lowest BCUT2D eigenvalue weighted by Gasteiger charge is -2.07. The summed E-state index contributed by atoms with van der Waals surface area (Å²) in [6.45, 7) is 1.63. The van der Waals surface area contributed by atoms with Crippen LogP contribution in [-0.4, -0.2) is 31.8 Å². The van der Waals surface area contributed by atoms with Gasteiger partial charge in [-0.2, -0.15) is 5.10 Å². The van der Waals surface area contributed by atoms with Crippen LogP contribution in [0.4, 0.5) is 11.4 Å². The Labute approximate surface area is 132 Å². The molecule has 1 aromatic heterocycles. The number of carbonyl (C=O) groups is 1. The SMILES string of the molecule is Cc1cc([N+](=O)[O-])ccc1NC(=O)CSc1n[nH]c(=O)[nH]c1=O. The van der Waals surface area contributed by atoms with Crippen molar-refractivity contribution < 1.29 is 9.72 Å². The fraction of sp³-hybridized carbons (Fsp3) is 0.167.